The summed E-state index contributed by atoms with van der Waals surface area (Å²) in [5.74, 6) is -4.68. The molecule has 0 bridgehead atoms. The summed E-state index contributed by atoms with van der Waals surface area (Å²) in [5.41, 5.74) is 0. The van der Waals surface area contributed by atoms with Crippen LogP contribution in [0.1, 0.15) is 6.42 Å². The summed E-state index contributed by atoms with van der Waals surface area (Å²) in [6.45, 7) is 0. The Morgan fingerprint density at radius 3 is 2.56 bits per heavy atom. The molecule has 4 atom stereocenters. The summed E-state index contributed by atoms with van der Waals surface area (Å²) < 4.78 is 42.0. The lowest BCUT2D eigenvalue weighted by Gasteiger charge is -2.13. The maximum Gasteiger partial charge on any atom is 0.492 e. The van der Waals surface area contributed by atoms with Gasteiger partial charge in [-0.3, -0.25) is 4.99 Å². The zero-order valence-electron chi connectivity index (χ0n) is 9.98. The molecule has 4 nitrogen and oxygen atoms in total. The van der Waals surface area contributed by atoms with E-state index in [-0.39, 0.29) is 6.42 Å². The maximum absolute atomic E-state index is 12.5. The van der Waals surface area contributed by atoms with E-state index in [0.29, 0.717) is 0 Å². The number of aliphatic imine (C=N–C) groups is 1. The molecule has 1 saturated carbocycles. The topological polar surface area (TPSA) is 66.8 Å². The van der Waals surface area contributed by atoms with Crippen molar-refractivity contribution < 1.29 is 22.7 Å². The average molecular weight is 263 g/mol. The van der Waals surface area contributed by atoms with Gasteiger partial charge in [-0.15, -0.1) is 0 Å². The van der Waals surface area contributed by atoms with Crippen LogP contribution in [0.2, 0.25) is 0 Å². The maximum atomic E-state index is 12.5. The summed E-state index contributed by atoms with van der Waals surface area (Å²) in [6.07, 6.45) is -3.15. The first-order valence-corrected chi connectivity index (χ1v) is 5.35. The van der Waals surface area contributed by atoms with Gasteiger partial charge in [0.2, 0.25) is 0 Å². The molecule has 1 aliphatic rings. The van der Waals surface area contributed by atoms with Gasteiger partial charge >= 0.3 is 12.1 Å². The highest BCUT2D eigenvalue weighted by molar-refractivity contribution is 5.91. The Labute approximate surface area is 102 Å². The van der Waals surface area contributed by atoms with Gasteiger partial charge < -0.3 is 9.53 Å². The fraction of sp³-hybridized carbons (Fsp3) is 0.727. The van der Waals surface area contributed by atoms with Gasteiger partial charge in [0.1, 0.15) is 0 Å². The van der Waals surface area contributed by atoms with E-state index in [9.17, 15) is 18.0 Å². The molecule has 0 saturated heterocycles. The fourth-order valence-electron chi connectivity index (χ4n) is 2.04. The summed E-state index contributed by atoms with van der Waals surface area (Å²) in [6, 6.07) is 1.81. The van der Waals surface area contributed by atoms with Crippen LogP contribution in [-0.2, 0) is 4.74 Å². The van der Waals surface area contributed by atoms with E-state index in [2.05, 4.69) is 9.73 Å². The molecular weight excluding hydrogens is 249 g/mol. The highest BCUT2D eigenvalue weighted by atomic mass is 19.4. The van der Waals surface area contributed by atoms with Gasteiger partial charge in [-0.1, -0.05) is 0 Å². The molecule has 1 rings (SSSR count). The Morgan fingerprint density at radius 2 is 2.22 bits per heavy atom. The van der Waals surface area contributed by atoms with Crippen LogP contribution in [0.15, 0.2) is 4.99 Å². The third-order valence-corrected chi connectivity index (χ3v) is 3.06. The van der Waals surface area contributed by atoms with Crippen molar-refractivity contribution in [2.75, 3.05) is 14.2 Å². The highest BCUT2D eigenvalue weighted by Gasteiger charge is 2.60. The molecule has 0 radical (unpaired) electrons. The van der Waals surface area contributed by atoms with Crippen molar-refractivity contribution in [1.82, 2.24) is 0 Å². The molecule has 18 heavy (non-hydrogen) atoms. The van der Waals surface area contributed by atoms with E-state index in [1.165, 1.54) is 20.4 Å². The van der Waals surface area contributed by atoms with Crippen molar-refractivity contribution in [3.63, 3.8) is 0 Å². The second-order valence-electron chi connectivity index (χ2n) is 4.18. The number of hydrogen-bond acceptors (Lipinski definition) is 3. The normalized spacial score (nSPS) is 26.4. The zero-order chi connectivity index (χ0) is 13.9. The van der Waals surface area contributed by atoms with Crippen LogP contribution in [0.3, 0.4) is 0 Å². The van der Waals surface area contributed by atoms with Crippen molar-refractivity contribution in [1.29, 1.82) is 5.26 Å². The van der Waals surface area contributed by atoms with E-state index in [0.717, 1.165) is 0 Å². The number of halogens is 3. The van der Waals surface area contributed by atoms with Crippen LogP contribution in [0.25, 0.3) is 0 Å². The highest BCUT2D eigenvalue weighted by Crippen LogP contribution is 2.55. The summed E-state index contributed by atoms with van der Waals surface area (Å²) >= 11 is 0. The predicted molar refractivity (Wildman–Crippen MR) is 58.6 cm³/mol. The lowest BCUT2D eigenvalue weighted by Crippen LogP contribution is -2.29. The third kappa shape index (κ3) is 3.00. The number of alkyl halides is 3. The van der Waals surface area contributed by atoms with E-state index >= 15 is 0 Å². The lowest BCUT2D eigenvalue weighted by molar-refractivity contribution is -0.152. The quantitative estimate of drug-likeness (QED) is 0.441. The number of nitrogens with zero attached hydrogens (tertiary/aromatic N) is 2. The van der Waals surface area contributed by atoms with Crippen molar-refractivity contribution >= 4 is 12.2 Å². The van der Waals surface area contributed by atoms with Crippen LogP contribution in [0, 0.1) is 35.0 Å². The molecule has 1 aliphatic carbocycles. The largest absolute Gasteiger partial charge is 0.492 e. The Balaban J connectivity index is 2.84. The minimum Gasteiger partial charge on any atom is -0.338 e. The number of nitriles is 1. The predicted octanol–water partition coefficient (Wildman–Crippen LogP) is 1.79. The standard InChI is InChI=1S/C11H13F3N2O2/c1-16-5-8(10(17)18-2)7(4-15)6-3-9(6)11(12,13)14/h5-9H,3H2,1-2H3/p+1. The fourth-order valence-corrected chi connectivity index (χ4v) is 2.04. The molecule has 0 amide bonds. The molecule has 0 heterocycles. The molecule has 0 aliphatic heterocycles. The third-order valence-electron chi connectivity index (χ3n) is 3.06. The number of carbonyl (C=O) groups excluding carboxylic acids is 1. The van der Waals surface area contributed by atoms with Crippen molar-refractivity contribution in [3.8, 4) is 6.07 Å². The van der Waals surface area contributed by atoms with Gasteiger partial charge in [-0.05, 0) is 12.3 Å². The molecule has 100 valence electrons. The van der Waals surface area contributed by atoms with Gasteiger partial charge in [0.15, 0.2) is 13.0 Å². The Morgan fingerprint density at radius 1 is 1.61 bits per heavy atom. The number of ether oxygens (including phenoxy) is 1. The SMILES string of the molecule is CN=CC(C(=[OH+])OC)C(C#N)C1CC1C(F)(F)F. The van der Waals surface area contributed by atoms with Gasteiger partial charge in [-0.2, -0.15) is 18.4 Å². The van der Waals surface area contributed by atoms with Gasteiger partial charge in [0, 0.05) is 13.3 Å². The van der Waals surface area contributed by atoms with Crippen LogP contribution in [0.5, 0.6) is 0 Å². The second kappa shape index (κ2) is 5.38. The van der Waals surface area contributed by atoms with Gasteiger partial charge in [0.05, 0.1) is 17.9 Å². The summed E-state index contributed by atoms with van der Waals surface area (Å²) in [4.78, 5) is 13.1. The summed E-state index contributed by atoms with van der Waals surface area (Å²) in [5, 5.41) is 9.00. The van der Waals surface area contributed by atoms with Crippen LogP contribution in [-0.4, -0.2) is 37.3 Å². The molecular formula is C11H14F3N2O2+. The molecule has 0 aromatic rings. The molecule has 1 N–H and O–H groups in total. The number of esters is 1. The minimum atomic E-state index is -4.30. The van der Waals surface area contributed by atoms with Crippen molar-refractivity contribution in [2.24, 2.45) is 28.7 Å². The number of rotatable bonds is 4. The first-order valence-electron chi connectivity index (χ1n) is 5.35. The van der Waals surface area contributed by atoms with E-state index in [1.54, 1.807) is 0 Å². The Hall–Kier alpha value is -1.58. The number of methoxy groups -OCH3 is 1. The second-order valence-corrected chi connectivity index (χ2v) is 4.18. The smallest absolute Gasteiger partial charge is 0.338 e. The van der Waals surface area contributed by atoms with Crippen molar-refractivity contribution in [2.45, 2.75) is 12.6 Å². The molecule has 0 spiro atoms. The first kappa shape index (κ1) is 14.5. The zero-order valence-corrected chi connectivity index (χ0v) is 9.98. The van der Waals surface area contributed by atoms with E-state index in [1.807, 2.05) is 6.07 Å². The van der Waals surface area contributed by atoms with E-state index < -0.39 is 35.8 Å². The lowest BCUT2D eigenvalue weighted by atomic mass is 9.89. The Kier molecular flexibility index (Phi) is 4.33. The van der Waals surface area contributed by atoms with Crippen LogP contribution < -0.4 is 0 Å². The molecule has 0 aromatic carbocycles. The van der Waals surface area contributed by atoms with Gasteiger partial charge in [-0.25, -0.2) is 0 Å². The molecule has 1 fully saturated rings. The van der Waals surface area contributed by atoms with Crippen LogP contribution >= 0.6 is 0 Å². The Bertz CT molecular complexity index is 387. The average Bonchev–Trinajstić information content (AvgIpc) is 3.07. The van der Waals surface area contributed by atoms with Gasteiger partial charge in [0.25, 0.3) is 0 Å². The van der Waals surface area contributed by atoms with Crippen LogP contribution in [0.4, 0.5) is 13.2 Å². The monoisotopic (exact) mass is 263 g/mol. The minimum absolute atomic E-state index is 0.0905. The van der Waals surface area contributed by atoms with E-state index in [4.69, 9.17) is 5.26 Å². The molecule has 0 aromatic heterocycles. The molecule has 4 unspecified atom stereocenters. The first-order chi connectivity index (χ1) is 8.36. The number of hydrogen-bond donors (Lipinski definition) is 0. The van der Waals surface area contributed by atoms with Crippen molar-refractivity contribution in [3.05, 3.63) is 0 Å². The summed E-state index contributed by atoms with van der Waals surface area (Å²) in [7, 11) is 2.60. The molecule has 7 heteroatoms.